The highest BCUT2D eigenvalue weighted by molar-refractivity contribution is 7.16. The van der Waals surface area contributed by atoms with Gasteiger partial charge in [0.05, 0.1) is 10.4 Å². The van der Waals surface area contributed by atoms with Crippen LogP contribution in [0.15, 0.2) is 29.6 Å². The third kappa shape index (κ3) is 4.31. The van der Waals surface area contributed by atoms with E-state index in [-0.39, 0.29) is 12.5 Å². The lowest BCUT2D eigenvalue weighted by Gasteiger charge is -2.15. The van der Waals surface area contributed by atoms with Crippen molar-refractivity contribution in [1.82, 2.24) is 5.32 Å². The lowest BCUT2D eigenvalue weighted by atomic mass is 10.2. The van der Waals surface area contributed by atoms with Gasteiger partial charge in [-0.3, -0.25) is 4.79 Å². The van der Waals surface area contributed by atoms with Crippen molar-refractivity contribution in [2.45, 2.75) is 18.9 Å². The highest BCUT2D eigenvalue weighted by atomic mass is 35.5. The number of aliphatic carboxylic acids is 1. The molecular formula is C13H14ClNO2S2. The first-order valence-corrected chi connectivity index (χ1v) is 7.98. The van der Waals surface area contributed by atoms with Gasteiger partial charge in [0, 0.05) is 16.2 Å². The predicted molar refractivity (Wildman–Crippen MR) is 80.4 cm³/mol. The average molecular weight is 316 g/mol. The Bertz CT molecular complexity index is 524. The molecule has 0 aromatic carbocycles. The molecule has 0 fully saturated rings. The summed E-state index contributed by atoms with van der Waals surface area (Å²) in [5.74, 6) is -0.756. The molecule has 0 amide bonds. The van der Waals surface area contributed by atoms with Crippen LogP contribution < -0.4 is 5.32 Å². The molecule has 0 spiro atoms. The van der Waals surface area contributed by atoms with Gasteiger partial charge in [0.2, 0.25) is 0 Å². The molecule has 1 unspecified atom stereocenters. The summed E-state index contributed by atoms with van der Waals surface area (Å²) in [5, 5.41) is 14.1. The Labute approximate surface area is 124 Å². The van der Waals surface area contributed by atoms with Crippen molar-refractivity contribution in [3.63, 3.8) is 0 Å². The molecule has 0 radical (unpaired) electrons. The summed E-state index contributed by atoms with van der Waals surface area (Å²) in [7, 11) is 0. The minimum absolute atomic E-state index is 0.103. The van der Waals surface area contributed by atoms with Crippen molar-refractivity contribution in [2.75, 3.05) is 6.54 Å². The summed E-state index contributed by atoms with van der Waals surface area (Å²) in [6.45, 7) is 0.671. The Morgan fingerprint density at radius 3 is 2.79 bits per heavy atom. The van der Waals surface area contributed by atoms with E-state index in [4.69, 9.17) is 16.7 Å². The standard InChI is InChI=1S/C13H14ClNO2S2/c14-11-6-5-10(19-11)13(9-3-2-8-18-9)15-7-1-4-12(16)17/h2-3,5-6,8,13,15H,1,4,7H2,(H,16,17). The van der Waals surface area contributed by atoms with Crippen LogP contribution in [0.3, 0.4) is 0 Å². The number of carbonyl (C=O) groups is 1. The molecule has 0 bridgehead atoms. The number of hydrogen-bond donors (Lipinski definition) is 2. The maximum atomic E-state index is 10.5. The summed E-state index contributed by atoms with van der Waals surface area (Å²) < 4.78 is 0.767. The first-order chi connectivity index (χ1) is 9.16. The molecule has 3 nitrogen and oxygen atoms in total. The molecule has 0 aliphatic carbocycles. The quantitative estimate of drug-likeness (QED) is 0.759. The Hall–Kier alpha value is -0.880. The van der Waals surface area contributed by atoms with Crippen LogP contribution in [0.25, 0.3) is 0 Å². The van der Waals surface area contributed by atoms with Gasteiger partial charge in [0.25, 0.3) is 0 Å². The first-order valence-electron chi connectivity index (χ1n) is 5.90. The fourth-order valence-electron chi connectivity index (χ4n) is 1.77. The van der Waals surface area contributed by atoms with Crippen LogP contribution in [-0.2, 0) is 4.79 Å². The summed E-state index contributed by atoms with van der Waals surface area (Å²) in [6.07, 6.45) is 0.811. The molecule has 0 aliphatic rings. The van der Waals surface area contributed by atoms with E-state index in [2.05, 4.69) is 11.4 Å². The summed E-state index contributed by atoms with van der Waals surface area (Å²) in [4.78, 5) is 12.9. The molecule has 0 saturated carbocycles. The second kappa shape index (κ2) is 7.05. The van der Waals surface area contributed by atoms with E-state index in [1.165, 1.54) is 4.88 Å². The molecule has 0 saturated heterocycles. The van der Waals surface area contributed by atoms with Crippen LogP contribution in [0.5, 0.6) is 0 Å². The van der Waals surface area contributed by atoms with Crippen molar-refractivity contribution >= 4 is 40.2 Å². The lowest BCUT2D eigenvalue weighted by molar-refractivity contribution is -0.137. The van der Waals surface area contributed by atoms with Crippen molar-refractivity contribution in [2.24, 2.45) is 0 Å². The van der Waals surface area contributed by atoms with Gasteiger partial charge in [0.1, 0.15) is 0 Å². The van der Waals surface area contributed by atoms with Crippen molar-refractivity contribution in [1.29, 1.82) is 0 Å². The maximum Gasteiger partial charge on any atom is 0.303 e. The van der Waals surface area contributed by atoms with Gasteiger partial charge in [0.15, 0.2) is 0 Å². The van der Waals surface area contributed by atoms with Gasteiger partial charge in [-0.2, -0.15) is 0 Å². The van der Waals surface area contributed by atoms with E-state index in [0.717, 1.165) is 9.21 Å². The van der Waals surface area contributed by atoms with Crippen LogP contribution >= 0.6 is 34.3 Å². The second-order valence-electron chi connectivity index (χ2n) is 4.04. The lowest BCUT2D eigenvalue weighted by Crippen LogP contribution is -2.22. The van der Waals surface area contributed by atoms with E-state index < -0.39 is 5.97 Å². The fraction of sp³-hybridized carbons (Fsp3) is 0.308. The number of halogens is 1. The number of thiophene rings is 2. The molecule has 1 atom stereocenters. The summed E-state index contributed by atoms with van der Waals surface area (Å²) in [6, 6.07) is 8.10. The summed E-state index contributed by atoms with van der Waals surface area (Å²) in [5.41, 5.74) is 0. The van der Waals surface area contributed by atoms with Crippen molar-refractivity contribution < 1.29 is 9.90 Å². The molecule has 2 heterocycles. The van der Waals surface area contributed by atoms with Crippen LogP contribution in [0.1, 0.15) is 28.6 Å². The maximum absolute atomic E-state index is 10.5. The molecule has 2 rings (SSSR count). The van der Waals surface area contributed by atoms with Crippen LogP contribution in [0.4, 0.5) is 0 Å². The highest BCUT2D eigenvalue weighted by Crippen LogP contribution is 2.32. The summed E-state index contributed by atoms with van der Waals surface area (Å²) >= 11 is 9.22. The van der Waals surface area contributed by atoms with Crippen LogP contribution in [0, 0.1) is 0 Å². The topological polar surface area (TPSA) is 49.3 Å². The van der Waals surface area contributed by atoms with Gasteiger partial charge in [-0.1, -0.05) is 17.7 Å². The van der Waals surface area contributed by atoms with Gasteiger partial charge >= 0.3 is 5.97 Å². The van der Waals surface area contributed by atoms with Crippen LogP contribution in [0.2, 0.25) is 4.34 Å². The molecular weight excluding hydrogens is 302 g/mol. The minimum atomic E-state index is -0.756. The van der Waals surface area contributed by atoms with E-state index in [1.54, 1.807) is 22.7 Å². The van der Waals surface area contributed by atoms with Gasteiger partial charge in [-0.25, -0.2) is 0 Å². The predicted octanol–water partition coefficient (Wildman–Crippen LogP) is 4.01. The Morgan fingerprint density at radius 2 is 2.21 bits per heavy atom. The van der Waals surface area contributed by atoms with E-state index >= 15 is 0 Å². The Morgan fingerprint density at radius 1 is 1.37 bits per heavy atom. The SMILES string of the molecule is O=C(O)CCCNC(c1cccs1)c1ccc(Cl)s1. The number of carboxylic acids is 1. The largest absolute Gasteiger partial charge is 0.481 e. The number of rotatable bonds is 7. The second-order valence-corrected chi connectivity index (χ2v) is 6.77. The third-order valence-electron chi connectivity index (χ3n) is 2.62. The molecule has 2 aromatic rings. The molecule has 2 aromatic heterocycles. The molecule has 0 aliphatic heterocycles. The Kier molecular flexibility index (Phi) is 5.39. The third-order valence-corrected chi connectivity index (χ3v) is 4.86. The van der Waals surface area contributed by atoms with Crippen LogP contribution in [-0.4, -0.2) is 17.6 Å². The minimum Gasteiger partial charge on any atom is -0.481 e. The smallest absolute Gasteiger partial charge is 0.303 e. The average Bonchev–Trinajstić information content (AvgIpc) is 3.00. The zero-order valence-electron chi connectivity index (χ0n) is 10.1. The van der Waals surface area contributed by atoms with E-state index in [1.807, 2.05) is 23.6 Å². The highest BCUT2D eigenvalue weighted by Gasteiger charge is 2.16. The monoisotopic (exact) mass is 315 g/mol. The normalized spacial score (nSPS) is 12.5. The van der Waals surface area contributed by atoms with Gasteiger partial charge in [-0.05, 0) is 36.5 Å². The van der Waals surface area contributed by atoms with Crippen molar-refractivity contribution in [3.05, 3.63) is 43.7 Å². The molecule has 102 valence electrons. The number of nitrogens with one attached hydrogen (secondary N) is 1. The van der Waals surface area contributed by atoms with Crippen molar-refractivity contribution in [3.8, 4) is 0 Å². The zero-order chi connectivity index (χ0) is 13.7. The Balaban J connectivity index is 2.01. The van der Waals surface area contributed by atoms with Gasteiger partial charge < -0.3 is 10.4 Å². The number of hydrogen-bond acceptors (Lipinski definition) is 4. The molecule has 6 heteroatoms. The van der Waals surface area contributed by atoms with E-state index in [0.29, 0.717) is 13.0 Å². The van der Waals surface area contributed by atoms with Gasteiger partial charge in [-0.15, -0.1) is 22.7 Å². The molecule has 2 N–H and O–H groups in total. The fourth-order valence-corrected chi connectivity index (χ4v) is 3.81. The molecule has 19 heavy (non-hydrogen) atoms. The first kappa shape index (κ1) is 14.5. The number of carboxylic acid groups (broad SMARTS) is 1. The van der Waals surface area contributed by atoms with E-state index in [9.17, 15) is 4.79 Å². The zero-order valence-corrected chi connectivity index (χ0v) is 12.5.